The Bertz CT molecular complexity index is 919. The van der Waals surface area contributed by atoms with Gasteiger partial charge in [0.2, 0.25) is 0 Å². The van der Waals surface area contributed by atoms with E-state index in [9.17, 15) is 14.4 Å². The van der Waals surface area contributed by atoms with Crippen molar-refractivity contribution in [3.8, 4) is 5.75 Å². The number of fused-ring (bicyclic) bond motifs is 1. The van der Waals surface area contributed by atoms with Gasteiger partial charge in [-0.1, -0.05) is 23.2 Å². The van der Waals surface area contributed by atoms with Crippen molar-refractivity contribution in [1.29, 1.82) is 0 Å². The number of hydrogen-bond donors (Lipinski definition) is 1. The molecule has 0 spiro atoms. The van der Waals surface area contributed by atoms with Crippen LogP contribution in [0.3, 0.4) is 0 Å². The molecule has 0 saturated carbocycles. The molecule has 0 fully saturated rings. The monoisotopic (exact) mass is 425 g/mol. The molecule has 0 radical (unpaired) electrons. The van der Waals surface area contributed by atoms with Crippen LogP contribution in [0, 0.1) is 0 Å². The van der Waals surface area contributed by atoms with Gasteiger partial charge in [-0.2, -0.15) is 0 Å². The highest BCUT2D eigenvalue weighted by atomic mass is 35.5. The molecule has 1 heterocycles. The lowest BCUT2D eigenvalue weighted by molar-refractivity contribution is -0.139. The van der Waals surface area contributed by atoms with Crippen LogP contribution in [-0.4, -0.2) is 36.6 Å². The van der Waals surface area contributed by atoms with Crippen LogP contribution in [0.15, 0.2) is 41.3 Å². The number of hydrogen-bond acceptors (Lipinski definition) is 6. The minimum Gasteiger partial charge on any atom is -0.482 e. The summed E-state index contributed by atoms with van der Waals surface area (Å²) in [4.78, 5) is 36.1. The smallest absolute Gasteiger partial charge is 0.316 e. The highest BCUT2D eigenvalue weighted by Crippen LogP contribution is 2.30. The minimum absolute atomic E-state index is 0.0125. The van der Waals surface area contributed by atoms with Crippen molar-refractivity contribution >= 4 is 58.3 Å². The fourth-order valence-electron chi connectivity index (χ4n) is 2.25. The van der Waals surface area contributed by atoms with Gasteiger partial charge in [-0.05, 0) is 36.4 Å². The van der Waals surface area contributed by atoms with Gasteiger partial charge >= 0.3 is 5.97 Å². The third-order valence-corrected chi connectivity index (χ3v) is 5.24. The molecule has 1 aliphatic rings. The summed E-state index contributed by atoms with van der Waals surface area (Å²) in [5.41, 5.74) is 0.715. The second-order valence-corrected chi connectivity index (χ2v) is 7.36. The van der Waals surface area contributed by atoms with Crippen molar-refractivity contribution in [2.24, 2.45) is 0 Å². The molecule has 1 amide bonds. The number of ether oxygens (including phenoxy) is 2. The third-order valence-electron chi connectivity index (χ3n) is 3.54. The third kappa shape index (κ3) is 5.15. The molecule has 0 aromatic heterocycles. The van der Waals surface area contributed by atoms with Crippen LogP contribution in [0.2, 0.25) is 10.0 Å². The van der Waals surface area contributed by atoms with Crippen molar-refractivity contribution in [2.45, 2.75) is 4.90 Å². The van der Waals surface area contributed by atoms with Crippen molar-refractivity contribution in [3.63, 3.8) is 0 Å². The SMILES string of the molecule is O=C1COc2ccc(C(=O)COC(=O)CSc3cc(Cl)ccc3Cl)cc2N1. The molecule has 2 aromatic rings. The molecule has 9 heteroatoms. The maximum Gasteiger partial charge on any atom is 0.316 e. The highest BCUT2D eigenvalue weighted by molar-refractivity contribution is 8.00. The number of esters is 1. The molecule has 0 atom stereocenters. The minimum atomic E-state index is -0.556. The fourth-order valence-corrected chi connectivity index (χ4v) is 3.54. The van der Waals surface area contributed by atoms with Crippen LogP contribution in [0.4, 0.5) is 5.69 Å². The Hall–Kier alpha value is -2.22. The van der Waals surface area contributed by atoms with Crippen molar-refractivity contribution in [3.05, 3.63) is 52.0 Å². The Labute approximate surface area is 169 Å². The van der Waals surface area contributed by atoms with E-state index in [0.29, 0.717) is 31.9 Å². The number of ketones is 1. The summed E-state index contributed by atoms with van der Waals surface area (Å²) < 4.78 is 10.2. The van der Waals surface area contributed by atoms with E-state index in [-0.39, 0.29) is 18.3 Å². The van der Waals surface area contributed by atoms with E-state index in [1.54, 1.807) is 30.3 Å². The van der Waals surface area contributed by atoms with Crippen molar-refractivity contribution < 1.29 is 23.9 Å². The molecular formula is C18H13Cl2NO5S. The number of amides is 1. The first-order chi connectivity index (χ1) is 12.9. The number of rotatable bonds is 6. The van der Waals surface area contributed by atoms with Gasteiger partial charge in [0.05, 0.1) is 16.5 Å². The van der Waals surface area contributed by atoms with Crippen molar-refractivity contribution in [2.75, 3.05) is 24.3 Å². The zero-order chi connectivity index (χ0) is 19.4. The molecular weight excluding hydrogens is 413 g/mol. The zero-order valence-corrected chi connectivity index (χ0v) is 16.1. The molecule has 3 rings (SSSR count). The van der Waals surface area contributed by atoms with Gasteiger partial charge in [0.15, 0.2) is 19.0 Å². The summed E-state index contributed by atoms with van der Waals surface area (Å²) in [6.07, 6.45) is 0. The summed E-state index contributed by atoms with van der Waals surface area (Å²) in [7, 11) is 0. The predicted octanol–water partition coefficient (Wildman–Crippen LogP) is 3.84. The van der Waals surface area contributed by atoms with Crippen LogP contribution in [0.5, 0.6) is 5.75 Å². The van der Waals surface area contributed by atoms with Crippen LogP contribution < -0.4 is 10.1 Å². The van der Waals surface area contributed by atoms with Gasteiger partial charge in [-0.3, -0.25) is 14.4 Å². The molecule has 1 N–H and O–H groups in total. The van der Waals surface area contributed by atoms with Gasteiger partial charge < -0.3 is 14.8 Å². The Morgan fingerprint density at radius 2 is 2.00 bits per heavy atom. The van der Waals surface area contributed by atoms with Gasteiger partial charge in [-0.25, -0.2) is 0 Å². The summed E-state index contributed by atoms with van der Waals surface area (Å²) in [5.74, 6) is -0.773. The molecule has 6 nitrogen and oxygen atoms in total. The first-order valence-electron chi connectivity index (χ1n) is 7.76. The number of nitrogens with one attached hydrogen (secondary N) is 1. The van der Waals surface area contributed by atoms with Gasteiger partial charge in [0.25, 0.3) is 5.91 Å². The van der Waals surface area contributed by atoms with Gasteiger partial charge in [0, 0.05) is 15.5 Å². The Kier molecular flexibility index (Phi) is 6.26. The van der Waals surface area contributed by atoms with E-state index in [2.05, 4.69) is 5.32 Å². The number of halogens is 2. The van der Waals surface area contributed by atoms with E-state index in [1.807, 2.05) is 0 Å². The number of thioether (sulfide) groups is 1. The zero-order valence-electron chi connectivity index (χ0n) is 13.8. The summed E-state index contributed by atoms with van der Waals surface area (Å²) in [6, 6.07) is 9.56. The number of Topliss-reactive ketones (excluding diaryl/α,β-unsaturated/α-hetero) is 1. The number of benzene rings is 2. The maximum absolute atomic E-state index is 12.2. The molecule has 0 unspecified atom stereocenters. The molecule has 140 valence electrons. The van der Waals surface area contributed by atoms with E-state index in [4.69, 9.17) is 32.7 Å². The van der Waals surface area contributed by atoms with E-state index >= 15 is 0 Å². The molecule has 0 bridgehead atoms. The van der Waals surface area contributed by atoms with Gasteiger partial charge in [0.1, 0.15) is 5.75 Å². The molecule has 2 aromatic carbocycles. The Morgan fingerprint density at radius 1 is 1.19 bits per heavy atom. The normalized spacial score (nSPS) is 12.6. The molecule has 1 aliphatic heterocycles. The number of anilines is 1. The largest absolute Gasteiger partial charge is 0.482 e. The van der Waals surface area contributed by atoms with Crippen LogP contribution >= 0.6 is 35.0 Å². The fraction of sp³-hybridized carbons (Fsp3) is 0.167. The summed E-state index contributed by atoms with van der Waals surface area (Å²) >= 11 is 13.1. The van der Waals surface area contributed by atoms with E-state index in [1.165, 1.54) is 17.8 Å². The number of carbonyl (C=O) groups is 3. The lowest BCUT2D eigenvalue weighted by Gasteiger charge is -2.18. The Balaban J connectivity index is 1.53. The van der Waals surface area contributed by atoms with Crippen molar-refractivity contribution in [1.82, 2.24) is 0 Å². The van der Waals surface area contributed by atoms with Crippen LogP contribution in [-0.2, 0) is 14.3 Å². The standard InChI is InChI=1S/C18H13Cl2NO5S/c19-11-2-3-12(20)16(6-11)27-9-18(24)26-7-14(22)10-1-4-15-13(5-10)21-17(23)8-25-15/h1-6H,7-9H2,(H,21,23). The first-order valence-corrected chi connectivity index (χ1v) is 9.50. The lowest BCUT2D eigenvalue weighted by Crippen LogP contribution is -2.25. The highest BCUT2D eigenvalue weighted by Gasteiger charge is 2.18. The second-order valence-electron chi connectivity index (χ2n) is 5.50. The summed E-state index contributed by atoms with van der Waals surface area (Å²) in [6.45, 7) is -0.470. The molecule has 0 aliphatic carbocycles. The summed E-state index contributed by atoms with van der Waals surface area (Å²) in [5, 5.41) is 3.60. The average molecular weight is 426 g/mol. The Morgan fingerprint density at radius 3 is 2.81 bits per heavy atom. The van der Waals surface area contributed by atoms with E-state index in [0.717, 1.165) is 0 Å². The van der Waals surface area contributed by atoms with Gasteiger partial charge in [-0.15, -0.1) is 11.8 Å². The van der Waals surface area contributed by atoms with E-state index < -0.39 is 18.4 Å². The quantitative estimate of drug-likeness (QED) is 0.430. The topological polar surface area (TPSA) is 81.7 Å². The number of carbonyl (C=O) groups excluding carboxylic acids is 3. The molecule has 27 heavy (non-hydrogen) atoms. The van der Waals surface area contributed by atoms with Crippen LogP contribution in [0.1, 0.15) is 10.4 Å². The first kappa shape index (κ1) is 19.5. The lowest BCUT2D eigenvalue weighted by atomic mass is 10.1. The molecule has 0 saturated heterocycles. The average Bonchev–Trinajstić information content (AvgIpc) is 2.66. The predicted molar refractivity (Wildman–Crippen MR) is 103 cm³/mol. The van der Waals surface area contributed by atoms with Crippen LogP contribution in [0.25, 0.3) is 0 Å². The maximum atomic E-state index is 12.2. The second kappa shape index (κ2) is 8.65.